The molecule has 1 N–H and O–H groups in total. The summed E-state index contributed by atoms with van der Waals surface area (Å²) in [6, 6.07) is 16.6. The fourth-order valence-corrected chi connectivity index (χ4v) is 5.08. The van der Waals surface area contributed by atoms with Crippen LogP contribution in [0, 0.1) is 5.82 Å². The Balaban J connectivity index is 1.48. The molecule has 1 aliphatic rings. The maximum Gasteiger partial charge on any atom is 0.408 e. The second kappa shape index (κ2) is 11.4. The molecule has 0 bridgehead atoms. The molecule has 0 saturated carbocycles. The Bertz CT molecular complexity index is 1650. The van der Waals surface area contributed by atoms with Crippen LogP contribution in [0.15, 0.2) is 65.1 Å². The third-order valence-corrected chi connectivity index (χ3v) is 7.15. The van der Waals surface area contributed by atoms with Crippen molar-refractivity contribution in [3.63, 3.8) is 0 Å². The molecule has 220 valence electrons. The van der Waals surface area contributed by atoms with Crippen LogP contribution in [0.25, 0.3) is 33.2 Å². The predicted molar refractivity (Wildman–Crippen MR) is 155 cm³/mol. The third kappa shape index (κ3) is 6.73. The summed E-state index contributed by atoms with van der Waals surface area (Å²) in [6.45, 7) is 5.21. The Morgan fingerprint density at radius 3 is 2.40 bits per heavy atom. The molecule has 1 aliphatic heterocycles. The number of alkyl halides is 2. The Hall–Kier alpha value is -3.98. The van der Waals surface area contributed by atoms with Crippen LogP contribution < -0.4 is 5.32 Å². The average molecular weight is 599 g/mol. The maximum absolute atomic E-state index is 15.5. The molecule has 1 saturated heterocycles. The highest BCUT2D eigenvalue weighted by Gasteiger charge is 2.36. The molecular formula is C32H30ClF3N2O4. The van der Waals surface area contributed by atoms with Gasteiger partial charge in [0.05, 0.1) is 6.54 Å². The first-order chi connectivity index (χ1) is 19.8. The molecule has 6 nitrogen and oxygen atoms in total. The molecule has 2 amide bonds. The Kier molecular flexibility index (Phi) is 7.98. The van der Waals surface area contributed by atoms with E-state index in [2.05, 4.69) is 5.32 Å². The van der Waals surface area contributed by atoms with E-state index in [1.807, 2.05) is 6.07 Å². The van der Waals surface area contributed by atoms with Gasteiger partial charge in [0.2, 0.25) is 0 Å². The molecule has 42 heavy (non-hydrogen) atoms. The zero-order chi connectivity index (χ0) is 30.2. The summed E-state index contributed by atoms with van der Waals surface area (Å²) in [5.41, 5.74) is 2.13. The van der Waals surface area contributed by atoms with Crippen molar-refractivity contribution in [2.75, 3.05) is 13.1 Å². The number of carbonyl (C=O) groups excluding carboxylic acids is 2. The molecule has 3 aromatic carbocycles. The monoisotopic (exact) mass is 598 g/mol. The number of halogens is 4. The van der Waals surface area contributed by atoms with Crippen LogP contribution in [0.1, 0.15) is 49.7 Å². The van der Waals surface area contributed by atoms with Gasteiger partial charge in [-0.25, -0.2) is 18.0 Å². The van der Waals surface area contributed by atoms with Gasteiger partial charge in [-0.3, -0.25) is 4.79 Å². The molecule has 1 aromatic heterocycles. The molecule has 0 unspecified atom stereocenters. The van der Waals surface area contributed by atoms with E-state index < -0.39 is 42.2 Å². The number of likely N-dealkylation sites (tertiary alicyclic amines) is 1. The van der Waals surface area contributed by atoms with Gasteiger partial charge in [0.15, 0.2) is 0 Å². The fourth-order valence-electron chi connectivity index (χ4n) is 4.89. The number of hydrogen-bond acceptors (Lipinski definition) is 4. The molecule has 0 spiro atoms. The zero-order valence-electron chi connectivity index (χ0n) is 23.4. The first-order valence-corrected chi connectivity index (χ1v) is 13.9. The second-order valence-electron chi connectivity index (χ2n) is 11.4. The molecule has 5 rings (SSSR count). The maximum atomic E-state index is 15.5. The van der Waals surface area contributed by atoms with Gasteiger partial charge in [-0.1, -0.05) is 29.8 Å². The summed E-state index contributed by atoms with van der Waals surface area (Å²) < 4.78 is 54.0. The average Bonchev–Trinajstić information content (AvgIpc) is 3.33. The topological polar surface area (TPSA) is 71.8 Å². The Labute approximate surface area is 246 Å². The molecule has 2 heterocycles. The first-order valence-electron chi connectivity index (χ1n) is 13.5. The smallest absolute Gasteiger partial charge is 0.408 e. The number of piperidine rings is 1. The van der Waals surface area contributed by atoms with E-state index in [9.17, 15) is 18.4 Å². The highest BCUT2D eigenvalue weighted by atomic mass is 35.5. The number of furan rings is 1. The Morgan fingerprint density at radius 2 is 1.74 bits per heavy atom. The predicted octanol–water partition coefficient (Wildman–Crippen LogP) is 8.46. The minimum absolute atomic E-state index is 0.0709. The van der Waals surface area contributed by atoms with Crippen LogP contribution in [0.3, 0.4) is 0 Å². The highest BCUT2D eigenvalue weighted by Crippen LogP contribution is 2.38. The normalized spacial score (nSPS) is 15.1. The van der Waals surface area contributed by atoms with Crippen LogP contribution >= 0.6 is 11.6 Å². The number of alkyl carbamates (subject to hydrolysis) is 1. The van der Waals surface area contributed by atoms with Crippen LogP contribution in [-0.4, -0.2) is 41.5 Å². The fraction of sp³-hybridized carbons (Fsp3) is 0.312. The van der Waals surface area contributed by atoms with E-state index in [1.54, 1.807) is 57.2 Å². The molecule has 0 radical (unpaired) electrons. The van der Waals surface area contributed by atoms with E-state index in [0.717, 1.165) is 11.6 Å². The quantitative estimate of drug-likeness (QED) is 0.250. The number of rotatable bonds is 5. The number of hydrogen-bond donors (Lipinski definition) is 1. The largest absolute Gasteiger partial charge is 0.459 e. The van der Waals surface area contributed by atoms with Crippen molar-refractivity contribution in [2.45, 2.75) is 51.7 Å². The number of benzene rings is 3. The molecule has 4 aromatic rings. The van der Waals surface area contributed by atoms with E-state index >= 15 is 4.39 Å². The lowest BCUT2D eigenvalue weighted by Gasteiger charge is -2.31. The van der Waals surface area contributed by atoms with Crippen molar-refractivity contribution in [3.05, 3.63) is 82.8 Å². The van der Waals surface area contributed by atoms with Gasteiger partial charge in [-0.15, -0.1) is 0 Å². The van der Waals surface area contributed by atoms with Gasteiger partial charge in [-0.2, -0.15) is 0 Å². The summed E-state index contributed by atoms with van der Waals surface area (Å²) in [5, 5.41) is 3.85. The minimum atomic E-state index is -2.79. The van der Waals surface area contributed by atoms with Crippen molar-refractivity contribution >= 4 is 34.6 Å². The lowest BCUT2D eigenvalue weighted by molar-refractivity contribution is -0.0494. The molecule has 1 fully saturated rings. The summed E-state index contributed by atoms with van der Waals surface area (Å²) in [4.78, 5) is 26.4. The molecular weight excluding hydrogens is 569 g/mol. The standard InChI is InChI=1S/C32H30ClF3N2O4/c1-31(2,3)42-30(40)37-18-24-15-22-13-21(16-26(28(22)41-24)19-5-4-6-23(33)14-19)25-8-7-20(17-27(25)34)29(39)38-11-9-32(35,36)10-12-38/h4-8,13-17H,9-12,18H2,1-3H3,(H,37,40). The third-order valence-electron chi connectivity index (χ3n) is 6.92. The van der Waals surface area contributed by atoms with E-state index in [0.29, 0.717) is 32.9 Å². The lowest BCUT2D eigenvalue weighted by Crippen LogP contribution is -2.42. The molecule has 10 heteroatoms. The number of amides is 2. The number of fused-ring (bicyclic) bond motifs is 1. The van der Waals surface area contributed by atoms with Gasteiger partial charge < -0.3 is 19.4 Å². The van der Waals surface area contributed by atoms with Gasteiger partial charge in [0.25, 0.3) is 11.8 Å². The lowest BCUT2D eigenvalue weighted by atomic mass is 9.95. The molecule has 0 aliphatic carbocycles. The van der Waals surface area contributed by atoms with Crippen LogP contribution in [0.5, 0.6) is 0 Å². The van der Waals surface area contributed by atoms with Crippen molar-refractivity contribution < 1.29 is 31.9 Å². The van der Waals surface area contributed by atoms with Crippen molar-refractivity contribution in [1.82, 2.24) is 10.2 Å². The van der Waals surface area contributed by atoms with Crippen LogP contribution in [-0.2, 0) is 11.3 Å². The Morgan fingerprint density at radius 1 is 1.00 bits per heavy atom. The van der Waals surface area contributed by atoms with Gasteiger partial charge in [-0.05, 0) is 74.4 Å². The van der Waals surface area contributed by atoms with E-state index in [1.165, 1.54) is 17.0 Å². The van der Waals surface area contributed by atoms with Gasteiger partial charge in [0, 0.05) is 53.0 Å². The summed E-state index contributed by atoms with van der Waals surface area (Å²) >= 11 is 6.27. The van der Waals surface area contributed by atoms with Crippen molar-refractivity contribution in [1.29, 1.82) is 0 Å². The van der Waals surface area contributed by atoms with Gasteiger partial charge >= 0.3 is 6.09 Å². The SMILES string of the molecule is CC(C)(C)OC(=O)NCc1cc2cc(-c3ccc(C(=O)N4CCC(F)(F)CC4)cc3F)cc(-c3cccc(Cl)c3)c2o1. The first kappa shape index (κ1) is 29.5. The number of ether oxygens (including phenoxy) is 1. The summed E-state index contributed by atoms with van der Waals surface area (Å²) in [5.74, 6) is -3.44. The van der Waals surface area contributed by atoms with Crippen molar-refractivity contribution in [3.8, 4) is 22.3 Å². The van der Waals surface area contributed by atoms with Gasteiger partial charge in [0.1, 0.15) is 22.8 Å². The van der Waals surface area contributed by atoms with Crippen LogP contribution in [0.4, 0.5) is 18.0 Å². The summed E-state index contributed by atoms with van der Waals surface area (Å²) in [7, 11) is 0. The minimum Gasteiger partial charge on any atom is -0.459 e. The number of carbonyl (C=O) groups is 2. The van der Waals surface area contributed by atoms with E-state index in [-0.39, 0.29) is 30.8 Å². The molecule has 0 atom stereocenters. The van der Waals surface area contributed by atoms with Crippen LogP contribution in [0.2, 0.25) is 5.02 Å². The second-order valence-corrected chi connectivity index (χ2v) is 11.8. The zero-order valence-corrected chi connectivity index (χ0v) is 24.2. The van der Waals surface area contributed by atoms with E-state index in [4.69, 9.17) is 20.8 Å². The number of nitrogens with zero attached hydrogens (tertiary/aromatic N) is 1. The number of nitrogens with one attached hydrogen (secondary N) is 1. The summed E-state index contributed by atoms with van der Waals surface area (Å²) in [6.07, 6.45) is -1.41. The van der Waals surface area contributed by atoms with Crippen molar-refractivity contribution in [2.24, 2.45) is 0 Å². The highest BCUT2D eigenvalue weighted by molar-refractivity contribution is 6.30.